The lowest BCUT2D eigenvalue weighted by Crippen LogP contribution is -2.46. The lowest BCUT2D eigenvalue weighted by Gasteiger charge is -2.35. The standard InChI is InChI=1S/C20H25ClN4O/c1-24-18(6-11-22-24)19(26)23-17-7-12-25(13-8-17)14-20(9-10-20)15-2-4-16(21)5-3-15/h2-6,11,17H,7-10,12-14H2,1H3,(H,23,26). The molecule has 1 amide bonds. The molecule has 1 aromatic carbocycles. The van der Waals surface area contributed by atoms with E-state index in [4.69, 9.17) is 11.6 Å². The van der Waals surface area contributed by atoms with Crippen LogP contribution < -0.4 is 5.32 Å². The molecule has 0 radical (unpaired) electrons. The van der Waals surface area contributed by atoms with Crippen LogP contribution in [-0.2, 0) is 12.5 Å². The molecule has 4 rings (SSSR count). The number of carbonyl (C=O) groups excluding carboxylic acids is 1. The van der Waals surface area contributed by atoms with E-state index in [2.05, 4.69) is 27.4 Å². The van der Waals surface area contributed by atoms with Gasteiger partial charge in [0.25, 0.3) is 5.91 Å². The summed E-state index contributed by atoms with van der Waals surface area (Å²) in [6.07, 6.45) is 6.17. The Morgan fingerprint density at radius 1 is 1.23 bits per heavy atom. The molecular weight excluding hydrogens is 348 g/mol. The van der Waals surface area contributed by atoms with Crippen molar-refractivity contribution in [1.82, 2.24) is 20.0 Å². The highest BCUT2D eigenvalue weighted by Crippen LogP contribution is 2.49. The number of aromatic nitrogens is 2. The van der Waals surface area contributed by atoms with E-state index in [0.29, 0.717) is 11.1 Å². The Balaban J connectivity index is 1.29. The lowest BCUT2D eigenvalue weighted by molar-refractivity contribution is 0.0898. The molecule has 0 atom stereocenters. The van der Waals surface area contributed by atoms with E-state index in [1.165, 1.54) is 18.4 Å². The first kappa shape index (κ1) is 17.6. The van der Waals surface area contributed by atoms with Crippen molar-refractivity contribution in [1.29, 1.82) is 0 Å². The quantitative estimate of drug-likeness (QED) is 0.877. The third-order valence-corrected chi connectivity index (χ3v) is 6.06. The van der Waals surface area contributed by atoms with Crippen LogP contribution >= 0.6 is 11.6 Å². The minimum absolute atomic E-state index is 0.0247. The molecule has 2 heterocycles. The van der Waals surface area contributed by atoms with Crippen LogP contribution in [0.25, 0.3) is 0 Å². The summed E-state index contributed by atoms with van der Waals surface area (Å²) in [5, 5.41) is 8.02. The maximum atomic E-state index is 12.3. The Morgan fingerprint density at radius 3 is 2.50 bits per heavy atom. The Labute approximate surface area is 159 Å². The van der Waals surface area contributed by atoms with Crippen molar-refractivity contribution in [2.75, 3.05) is 19.6 Å². The van der Waals surface area contributed by atoms with Crippen molar-refractivity contribution in [3.8, 4) is 0 Å². The third kappa shape index (κ3) is 3.64. The van der Waals surface area contributed by atoms with Gasteiger partial charge in [0.05, 0.1) is 0 Å². The zero-order chi connectivity index (χ0) is 18.1. The first-order chi connectivity index (χ1) is 12.6. The zero-order valence-corrected chi connectivity index (χ0v) is 15.9. The highest BCUT2D eigenvalue weighted by atomic mass is 35.5. The number of rotatable bonds is 5. The van der Waals surface area contributed by atoms with E-state index in [0.717, 1.165) is 37.5 Å². The number of nitrogens with one attached hydrogen (secondary N) is 1. The van der Waals surface area contributed by atoms with Crippen LogP contribution in [0, 0.1) is 0 Å². The molecule has 1 N–H and O–H groups in total. The predicted octanol–water partition coefficient (Wildman–Crippen LogP) is 3.00. The number of aryl methyl sites for hydroxylation is 1. The number of nitrogens with zero attached hydrogens (tertiary/aromatic N) is 3. The van der Waals surface area contributed by atoms with Gasteiger partial charge in [-0.05, 0) is 49.4 Å². The second-order valence-electron chi connectivity index (χ2n) is 7.65. The van der Waals surface area contributed by atoms with Gasteiger partial charge in [0.15, 0.2) is 0 Å². The average Bonchev–Trinajstić information content (AvgIpc) is 3.28. The first-order valence-electron chi connectivity index (χ1n) is 9.33. The third-order valence-electron chi connectivity index (χ3n) is 5.81. The largest absolute Gasteiger partial charge is 0.348 e. The van der Waals surface area contributed by atoms with Crippen LogP contribution in [0.3, 0.4) is 0 Å². The van der Waals surface area contributed by atoms with Gasteiger partial charge in [0.2, 0.25) is 0 Å². The number of carbonyl (C=O) groups is 1. The number of benzene rings is 1. The van der Waals surface area contributed by atoms with E-state index < -0.39 is 0 Å². The van der Waals surface area contributed by atoms with Gasteiger partial charge < -0.3 is 10.2 Å². The maximum Gasteiger partial charge on any atom is 0.269 e. The smallest absolute Gasteiger partial charge is 0.269 e. The SMILES string of the molecule is Cn1nccc1C(=O)NC1CCN(CC2(c3ccc(Cl)cc3)CC2)CC1. The molecule has 1 saturated carbocycles. The van der Waals surface area contributed by atoms with Gasteiger partial charge in [-0.1, -0.05) is 23.7 Å². The molecule has 6 heteroatoms. The van der Waals surface area contributed by atoms with Crippen molar-refractivity contribution in [2.24, 2.45) is 7.05 Å². The fourth-order valence-corrected chi connectivity index (χ4v) is 4.14. The normalized spacial score (nSPS) is 20.1. The van der Waals surface area contributed by atoms with Gasteiger partial charge >= 0.3 is 0 Å². The van der Waals surface area contributed by atoms with E-state index >= 15 is 0 Å². The van der Waals surface area contributed by atoms with Crippen LogP contribution in [0.5, 0.6) is 0 Å². The zero-order valence-electron chi connectivity index (χ0n) is 15.1. The van der Waals surface area contributed by atoms with Crippen LogP contribution in [0.2, 0.25) is 5.02 Å². The second kappa shape index (κ2) is 7.05. The monoisotopic (exact) mass is 372 g/mol. The summed E-state index contributed by atoms with van der Waals surface area (Å²) in [4.78, 5) is 14.9. The molecule has 0 spiro atoms. The topological polar surface area (TPSA) is 50.2 Å². The van der Waals surface area contributed by atoms with Crippen LogP contribution in [-0.4, -0.2) is 46.3 Å². The maximum absolute atomic E-state index is 12.3. The summed E-state index contributed by atoms with van der Waals surface area (Å²) < 4.78 is 1.62. The molecular formula is C20H25ClN4O. The molecule has 1 aliphatic carbocycles. The molecule has 2 aliphatic rings. The van der Waals surface area contributed by atoms with Crippen LogP contribution in [0.4, 0.5) is 0 Å². The van der Waals surface area contributed by atoms with Crippen LogP contribution in [0.1, 0.15) is 41.7 Å². The van der Waals surface area contributed by atoms with Crippen LogP contribution in [0.15, 0.2) is 36.5 Å². The second-order valence-corrected chi connectivity index (χ2v) is 8.09. The molecule has 1 aromatic heterocycles. The van der Waals surface area contributed by atoms with Crippen molar-refractivity contribution >= 4 is 17.5 Å². The molecule has 0 bridgehead atoms. The van der Waals surface area contributed by atoms with Crippen molar-refractivity contribution in [2.45, 2.75) is 37.1 Å². The van der Waals surface area contributed by atoms with Crippen molar-refractivity contribution < 1.29 is 4.79 Å². The highest BCUT2D eigenvalue weighted by molar-refractivity contribution is 6.30. The summed E-state index contributed by atoms with van der Waals surface area (Å²) in [7, 11) is 1.80. The lowest BCUT2D eigenvalue weighted by atomic mass is 9.94. The Hall–Kier alpha value is -1.85. The highest BCUT2D eigenvalue weighted by Gasteiger charge is 2.45. The van der Waals surface area contributed by atoms with E-state index in [1.54, 1.807) is 24.0 Å². The Morgan fingerprint density at radius 2 is 1.92 bits per heavy atom. The predicted molar refractivity (Wildman–Crippen MR) is 103 cm³/mol. The fraction of sp³-hybridized carbons (Fsp3) is 0.500. The number of likely N-dealkylation sites (tertiary alicyclic amines) is 1. The number of hydrogen-bond acceptors (Lipinski definition) is 3. The van der Waals surface area contributed by atoms with Gasteiger partial charge in [0, 0.05) is 49.4 Å². The molecule has 0 unspecified atom stereocenters. The molecule has 138 valence electrons. The minimum atomic E-state index is -0.0247. The number of hydrogen-bond donors (Lipinski definition) is 1. The van der Waals surface area contributed by atoms with Gasteiger partial charge in [-0.2, -0.15) is 5.10 Å². The van der Waals surface area contributed by atoms with Gasteiger partial charge in [-0.25, -0.2) is 0 Å². The molecule has 5 nitrogen and oxygen atoms in total. The first-order valence-corrected chi connectivity index (χ1v) is 9.71. The van der Waals surface area contributed by atoms with E-state index in [1.807, 2.05) is 12.1 Å². The Kier molecular flexibility index (Phi) is 4.76. The number of piperidine rings is 1. The molecule has 1 aliphatic heterocycles. The van der Waals surface area contributed by atoms with E-state index in [-0.39, 0.29) is 11.9 Å². The number of amides is 1. The fourth-order valence-electron chi connectivity index (χ4n) is 4.01. The van der Waals surface area contributed by atoms with E-state index in [9.17, 15) is 4.79 Å². The summed E-state index contributed by atoms with van der Waals surface area (Å²) in [6.45, 7) is 3.17. The summed E-state index contributed by atoms with van der Waals surface area (Å²) in [5.74, 6) is -0.0247. The summed E-state index contributed by atoms with van der Waals surface area (Å²) in [6, 6.07) is 10.4. The molecule has 26 heavy (non-hydrogen) atoms. The van der Waals surface area contributed by atoms with Gasteiger partial charge in [-0.15, -0.1) is 0 Å². The summed E-state index contributed by atoms with van der Waals surface area (Å²) in [5.41, 5.74) is 2.34. The minimum Gasteiger partial charge on any atom is -0.348 e. The molecule has 2 aromatic rings. The molecule has 1 saturated heterocycles. The number of halogens is 1. The van der Waals surface area contributed by atoms with Crippen molar-refractivity contribution in [3.05, 3.63) is 52.8 Å². The van der Waals surface area contributed by atoms with Crippen molar-refractivity contribution in [3.63, 3.8) is 0 Å². The molecule has 2 fully saturated rings. The summed E-state index contributed by atoms with van der Waals surface area (Å²) >= 11 is 6.03. The Bertz CT molecular complexity index is 773. The average molecular weight is 373 g/mol. The van der Waals surface area contributed by atoms with Gasteiger partial charge in [-0.3, -0.25) is 9.48 Å². The van der Waals surface area contributed by atoms with Gasteiger partial charge in [0.1, 0.15) is 5.69 Å².